The number of rotatable bonds is 3. The molecular weight excluding hydrogens is 268 g/mol. The summed E-state index contributed by atoms with van der Waals surface area (Å²) in [6.07, 6.45) is 3.48. The Hall–Kier alpha value is -0.540. The van der Waals surface area contributed by atoms with Gasteiger partial charge in [0.15, 0.2) is 0 Å². The van der Waals surface area contributed by atoms with E-state index in [-0.39, 0.29) is 12.5 Å². The molecule has 0 fully saturated rings. The van der Waals surface area contributed by atoms with Crippen LogP contribution in [0, 0.1) is 0 Å². The SMILES string of the molecule is COc1c(C(C)CO)cc2c(c1Br)CCC2. The Morgan fingerprint density at radius 1 is 1.50 bits per heavy atom. The highest BCUT2D eigenvalue weighted by Crippen LogP contribution is 2.41. The third-order valence-corrected chi connectivity index (χ3v) is 4.16. The summed E-state index contributed by atoms with van der Waals surface area (Å²) >= 11 is 3.63. The molecule has 1 aliphatic carbocycles. The average Bonchev–Trinajstić information content (AvgIpc) is 2.76. The molecule has 0 aromatic heterocycles. The molecule has 1 atom stereocenters. The minimum atomic E-state index is 0.122. The third-order valence-electron chi connectivity index (χ3n) is 3.33. The molecule has 1 aliphatic rings. The highest BCUT2D eigenvalue weighted by atomic mass is 79.9. The van der Waals surface area contributed by atoms with Crippen LogP contribution in [0.2, 0.25) is 0 Å². The van der Waals surface area contributed by atoms with E-state index in [0.29, 0.717) is 0 Å². The predicted molar refractivity (Wildman–Crippen MR) is 68.2 cm³/mol. The van der Waals surface area contributed by atoms with Crippen LogP contribution < -0.4 is 4.74 Å². The molecule has 0 heterocycles. The van der Waals surface area contributed by atoms with E-state index in [1.54, 1.807) is 7.11 Å². The minimum Gasteiger partial charge on any atom is -0.495 e. The zero-order valence-corrected chi connectivity index (χ0v) is 11.3. The Balaban J connectivity index is 2.56. The highest BCUT2D eigenvalue weighted by Gasteiger charge is 2.22. The molecule has 0 radical (unpaired) electrons. The zero-order chi connectivity index (χ0) is 11.7. The van der Waals surface area contributed by atoms with Gasteiger partial charge in [-0.3, -0.25) is 0 Å². The topological polar surface area (TPSA) is 29.5 Å². The molecule has 0 aliphatic heterocycles. The first-order valence-corrected chi connectivity index (χ1v) is 6.47. The number of methoxy groups -OCH3 is 1. The summed E-state index contributed by atoms with van der Waals surface area (Å²) in [5.74, 6) is 1.01. The van der Waals surface area contributed by atoms with Crippen molar-refractivity contribution in [3.05, 3.63) is 27.2 Å². The molecule has 0 bridgehead atoms. The Morgan fingerprint density at radius 3 is 2.88 bits per heavy atom. The van der Waals surface area contributed by atoms with E-state index in [1.165, 1.54) is 17.5 Å². The predicted octanol–water partition coefficient (Wildman–Crippen LogP) is 3.04. The molecule has 1 aromatic carbocycles. The molecule has 1 unspecified atom stereocenters. The maximum atomic E-state index is 9.28. The van der Waals surface area contributed by atoms with Gasteiger partial charge in [0.1, 0.15) is 5.75 Å². The van der Waals surface area contributed by atoms with E-state index in [0.717, 1.165) is 28.6 Å². The Bertz CT molecular complexity index is 401. The number of halogens is 1. The first kappa shape index (κ1) is 11.9. The van der Waals surface area contributed by atoms with Gasteiger partial charge in [-0.1, -0.05) is 13.0 Å². The second kappa shape index (κ2) is 4.76. The molecule has 3 heteroatoms. The molecule has 1 N–H and O–H groups in total. The van der Waals surface area contributed by atoms with Crippen molar-refractivity contribution in [1.29, 1.82) is 0 Å². The lowest BCUT2D eigenvalue weighted by molar-refractivity contribution is 0.269. The molecule has 2 nitrogen and oxygen atoms in total. The Labute approximate surface area is 105 Å². The van der Waals surface area contributed by atoms with E-state index in [4.69, 9.17) is 4.74 Å². The number of aryl methyl sites for hydroxylation is 1. The van der Waals surface area contributed by atoms with E-state index in [2.05, 4.69) is 22.0 Å². The van der Waals surface area contributed by atoms with E-state index >= 15 is 0 Å². The van der Waals surface area contributed by atoms with Gasteiger partial charge in [0, 0.05) is 18.1 Å². The lowest BCUT2D eigenvalue weighted by Gasteiger charge is -2.18. The fourth-order valence-electron chi connectivity index (χ4n) is 2.37. The van der Waals surface area contributed by atoms with E-state index in [1.807, 2.05) is 6.92 Å². The van der Waals surface area contributed by atoms with Gasteiger partial charge in [-0.15, -0.1) is 0 Å². The Kier molecular flexibility index (Phi) is 3.55. The van der Waals surface area contributed by atoms with Gasteiger partial charge in [-0.25, -0.2) is 0 Å². The van der Waals surface area contributed by atoms with Gasteiger partial charge < -0.3 is 9.84 Å². The first-order chi connectivity index (χ1) is 7.69. The number of fused-ring (bicyclic) bond motifs is 1. The molecule has 1 aromatic rings. The molecule has 16 heavy (non-hydrogen) atoms. The van der Waals surface area contributed by atoms with Crippen LogP contribution in [0.15, 0.2) is 10.5 Å². The molecule has 0 saturated heterocycles. The number of ether oxygens (including phenoxy) is 1. The van der Waals surface area contributed by atoms with Gasteiger partial charge in [-0.2, -0.15) is 0 Å². The summed E-state index contributed by atoms with van der Waals surface area (Å²) in [7, 11) is 1.69. The van der Waals surface area contributed by atoms with Crippen molar-refractivity contribution >= 4 is 15.9 Å². The summed E-state index contributed by atoms with van der Waals surface area (Å²) in [5, 5.41) is 9.28. The number of hydrogen-bond acceptors (Lipinski definition) is 2. The van der Waals surface area contributed by atoms with Crippen LogP contribution in [0.4, 0.5) is 0 Å². The fraction of sp³-hybridized carbons (Fsp3) is 0.538. The summed E-state index contributed by atoms with van der Waals surface area (Å²) < 4.78 is 6.55. The van der Waals surface area contributed by atoms with Crippen molar-refractivity contribution in [2.24, 2.45) is 0 Å². The summed E-state index contributed by atoms with van der Waals surface area (Å²) in [5.41, 5.74) is 3.89. The molecule has 0 amide bonds. The van der Waals surface area contributed by atoms with Gasteiger partial charge in [-0.05, 0) is 46.3 Å². The van der Waals surface area contributed by atoms with Crippen LogP contribution >= 0.6 is 15.9 Å². The molecule has 88 valence electrons. The summed E-state index contributed by atoms with van der Waals surface area (Å²) in [6, 6.07) is 2.20. The molecule has 2 rings (SSSR count). The lowest BCUT2D eigenvalue weighted by atomic mass is 9.96. The smallest absolute Gasteiger partial charge is 0.136 e. The largest absolute Gasteiger partial charge is 0.495 e. The van der Waals surface area contributed by atoms with Crippen molar-refractivity contribution in [1.82, 2.24) is 0 Å². The van der Waals surface area contributed by atoms with Gasteiger partial charge >= 0.3 is 0 Å². The van der Waals surface area contributed by atoms with Crippen LogP contribution in [0.1, 0.15) is 36.0 Å². The minimum absolute atomic E-state index is 0.122. The first-order valence-electron chi connectivity index (χ1n) is 5.68. The monoisotopic (exact) mass is 284 g/mol. The second-order valence-electron chi connectivity index (χ2n) is 4.39. The van der Waals surface area contributed by atoms with Gasteiger partial charge in [0.05, 0.1) is 11.6 Å². The van der Waals surface area contributed by atoms with E-state index in [9.17, 15) is 5.11 Å². The normalized spacial score (nSPS) is 16.0. The quantitative estimate of drug-likeness (QED) is 0.925. The molecule has 0 saturated carbocycles. The molecular formula is C13H17BrO2. The van der Waals surface area contributed by atoms with Crippen molar-refractivity contribution < 1.29 is 9.84 Å². The number of aliphatic hydroxyl groups is 1. The van der Waals surface area contributed by atoms with Crippen LogP contribution in [0.3, 0.4) is 0 Å². The third kappa shape index (κ3) is 1.87. The van der Waals surface area contributed by atoms with Crippen molar-refractivity contribution in [2.45, 2.75) is 32.1 Å². The molecule has 0 spiro atoms. The fourth-order valence-corrected chi connectivity index (χ4v) is 3.21. The van der Waals surface area contributed by atoms with Crippen molar-refractivity contribution in [3.8, 4) is 5.75 Å². The van der Waals surface area contributed by atoms with Crippen molar-refractivity contribution in [2.75, 3.05) is 13.7 Å². The second-order valence-corrected chi connectivity index (χ2v) is 5.18. The standard InChI is InChI=1S/C13H17BrO2/c1-8(7-15)11-6-9-4-3-5-10(9)12(14)13(11)16-2/h6,8,15H,3-5,7H2,1-2H3. The van der Waals surface area contributed by atoms with Gasteiger partial charge in [0.2, 0.25) is 0 Å². The maximum Gasteiger partial charge on any atom is 0.136 e. The lowest BCUT2D eigenvalue weighted by Crippen LogP contribution is -2.04. The Morgan fingerprint density at radius 2 is 2.25 bits per heavy atom. The van der Waals surface area contributed by atoms with E-state index < -0.39 is 0 Å². The number of benzene rings is 1. The van der Waals surface area contributed by atoms with Gasteiger partial charge in [0.25, 0.3) is 0 Å². The van der Waals surface area contributed by atoms with Crippen molar-refractivity contribution in [3.63, 3.8) is 0 Å². The zero-order valence-electron chi connectivity index (χ0n) is 9.72. The van der Waals surface area contributed by atoms with Crippen LogP contribution in [0.25, 0.3) is 0 Å². The van der Waals surface area contributed by atoms with Crippen LogP contribution in [-0.2, 0) is 12.8 Å². The van der Waals surface area contributed by atoms with Crippen LogP contribution in [0.5, 0.6) is 5.75 Å². The summed E-state index contributed by atoms with van der Waals surface area (Å²) in [6.45, 7) is 2.17. The number of aliphatic hydroxyl groups excluding tert-OH is 1. The summed E-state index contributed by atoms with van der Waals surface area (Å²) in [4.78, 5) is 0. The maximum absolute atomic E-state index is 9.28. The van der Waals surface area contributed by atoms with Crippen LogP contribution in [-0.4, -0.2) is 18.8 Å². The number of hydrogen-bond donors (Lipinski definition) is 1. The average molecular weight is 285 g/mol. The highest BCUT2D eigenvalue weighted by molar-refractivity contribution is 9.10.